The van der Waals surface area contributed by atoms with E-state index in [0.717, 1.165) is 29.6 Å². The molecular formula is C16H20N2O2. The summed E-state index contributed by atoms with van der Waals surface area (Å²) in [5, 5.41) is 4.56. The smallest absolute Gasteiger partial charge is 0.293 e. The Balaban J connectivity index is 1.95. The molecule has 4 heteroatoms. The summed E-state index contributed by atoms with van der Waals surface area (Å²) in [6.07, 6.45) is 4.09. The Kier molecular flexibility index (Phi) is 3.74. The van der Waals surface area contributed by atoms with Crippen molar-refractivity contribution in [1.82, 2.24) is 10.3 Å². The van der Waals surface area contributed by atoms with Gasteiger partial charge in [0.25, 0.3) is 6.47 Å². The summed E-state index contributed by atoms with van der Waals surface area (Å²) in [4.78, 5) is 13.8. The summed E-state index contributed by atoms with van der Waals surface area (Å²) in [7, 11) is 0. The van der Waals surface area contributed by atoms with Crippen LogP contribution in [0, 0.1) is 0 Å². The number of carbonyl (C=O) groups excluding carboxylic acids is 1. The van der Waals surface area contributed by atoms with Crippen molar-refractivity contribution in [1.29, 1.82) is 0 Å². The van der Waals surface area contributed by atoms with E-state index in [2.05, 4.69) is 28.5 Å². The van der Waals surface area contributed by atoms with Crippen molar-refractivity contribution in [3.8, 4) is 0 Å². The second-order valence-corrected chi connectivity index (χ2v) is 5.45. The Morgan fingerprint density at radius 3 is 2.90 bits per heavy atom. The van der Waals surface area contributed by atoms with Gasteiger partial charge in [-0.15, -0.1) is 0 Å². The van der Waals surface area contributed by atoms with Crippen LogP contribution in [0.3, 0.4) is 0 Å². The van der Waals surface area contributed by atoms with Gasteiger partial charge in [0.2, 0.25) is 0 Å². The summed E-state index contributed by atoms with van der Waals surface area (Å²) in [6.45, 7) is 4.59. The molecule has 1 aliphatic rings. The Labute approximate surface area is 118 Å². The normalized spacial score (nSPS) is 18.1. The average molecular weight is 272 g/mol. The molecule has 0 saturated carbocycles. The molecule has 0 aliphatic carbocycles. The van der Waals surface area contributed by atoms with Crippen LogP contribution in [0.15, 0.2) is 24.4 Å². The number of benzene rings is 1. The fourth-order valence-electron chi connectivity index (χ4n) is 3.06. The molecule has 0 amide bonds. The fourth-order valence-corrected chi connectivity index (χ4v) is 3.06. The van der Waals surface area contributed by atoms with Gasteiger partial charge in [-0.05, 0) is 56.5 Å². The Morgan fingerprint density at radius 1 is 1.35 bits per heavy atom. The minimum absolute atomic E-state index is 0.218. The molecule has 106 valence electrons. The second kappa shape index (κ2) is 5.67. The molecule has 1 unspecified atom stereocenters. The maximum Gasteiger partial charge on any atom is 0.293 e. The fraction of sp³-hybridized carbons (Fsp3) is 0.438. The summed E-state index contributed by atoms with van der Waals surface area (Å²) < 4.78 is 5.07. The van der Waals surface area contributed by atoms with E-state index in [1.165, 1.54) is 18.4 Å². The third kappa shape index (κ3) is 2.43. The minimum atomic E-state index is -0.218. The van der Waals surface area contributed by atoms with Crippen molar-refractivity contribution in [2.75, 3.05) is 13.1 Å². The third-order valence-corrected chi connectivity index (χ3v) is 4.25. The van der Waals surface area contributed by atoms with Crippen molar-refractivity contribution >= 4 is 17.4 Å². The van der Waals surface area contributed by atoms with Gasteiger partial charge in [0.1, 0.15) is 6.10 Å². The number of nitrogens with one attached hydrogen (secondary N) is 2. The summed E-state index contributed by atoms with van der Waals surface area (Å²) in [5.41, 5.74) is 3.53. The molecule has 1 aliphatic heterocycles. The van der Waals surface area contributed by atoms with E-state index in [4.69, 9.17) is 4.74 Å². The van der Waals surface area contributed by atoms with Crippen molar-refractivity contribution < 1.29 is 9.53 Å². The Morgan fingerprint density at radius 2 is 2.15 bits per heavy atom. The van der Waals surface area contributed by atoms with Crippen LogP contribution >= 0.6 is 0 Å². The zero-order chi connectivity index (χ0) is 13.9. The zero-order valence-electron chi connectivity index (χ0n) is 11.7. The van der Waals surface area contributed by atoms with Gasteiger partial charge in [-0.1, -0.05) is 6.07 Å². The van der Waals surface area contributed by atoms with Crippen LogP contribution in [-0.4, -0.2) is 24.5 Å². The lowest BCUT2D eigenvalue weighted by Gasteiger charge is -2.23. The molecule has 1 atom stereocenters. The monoisotopic (exact) mass is 272 g/mol. The standard InChI is InChI=1S/C16H20N2O2/c1-11(20-10-19)15-9-18-16-3-2-13(8-14(15)16)12-4-6-17-7-5-12/h2-3,8-12,17-18H,4-7H2,1H3. The van der Waals surface area contributed by atoms with E-state index in [1.807, 2.05) is 13.1 Å². The number of fused-ring (bicyclic) bond motifs is 1. The second-order valence-electron chi connectivity index (χ2n) is 5.45. The Hall–Kier alpha value is -1.81. The van der Waals surface area contributed by atoms with Gasteiger partial charge in [0, 0.05) is 22.7 Å². The van der Waals surface area contributed by atoms with E-state index < -0.39 is 0 Å². The largest absolute Gasteiger partial charge is 0.460 e. The molecular weight excluding hydrogens is 252 g/mol. The number of piperidine rings is 1. The van der Waals surface area contributed by atoms with E-state index in [9.17, 15) is 4.79 Å². The van der Waals surface area contributed by atoms with Crippen molar-refractivity contribution in [3.63, 3.8) is 0 Å². The van der Waals surface area contributed by atoms with Gasteiger partial charge in [0.05, 0.1) is 0 Å². The van der Waals surface area contributed by atoms with Gasteiger partial charge in [-0.3, -0.25) is 4.79 Å². The molecule has 0 spiro atoms. The number of H-pyrrole nitrogens is 1. The molecule has 20 heavy (non-hydrogen) atoms. The number of carbonyl (C=O) groups is 1. The SMILES string of the molecule is CC(OC=O)c1c[nH]c2ccc(C3CCNCC3)cc12. The lowest BCUT2D eigenvalue weighted by Crippen LogP contribution is -2.26. The zero-order valence-corrected chi connectivity index (χ0v) is 11.7. The number of aromatic nitrogens is 1. The molecule has 0 radical (unpaired) electrons. The number of ether oxygens (including phenoxy) is 1. The maximum absolute atomic E-state index is 10.5. The van der Waals surface area contributed by atoms with Crippen LogP contribution in [0.2, 0.25) is 0 Å². The van der Waals surface area contributed by atoms with E-state index in [-0.39, 0.29) is 6.10 Å². The van der Waals surface area contributed by atoms with Gasteiger partial charge >= 0.3 is 0 Å². The van der Waals surface area contributed by atoms with Crippen molar-refractivity contribution in [2.24, 2.45) is 0 Å². The molecule has 1 fully saturated rings. The minimum Gasteiger partial charge on any atom is -0.460 e. The maximum atomic E-state index is 10.5. The molecule has 3 rings (SSSR count). The molecule has 1 aromatic heterocycles. The van der Waals surface area contributed by atoms with Crippen LogP contribution in [-0.2, 0) is 9.53 Å². The molecule has 4 nitrogen and oxygen atoms in total. The highest BCUT2D eigenvalue weighted by Gasteiger charge is 2.17. The predicted octanol–water partition coefficient (Wildman–Crippen LogP) is 2.87. The van der Waals surface area contributed by atoms with Crippen LogP contribution in [0.1, 0.15) is 42.9 Å². The first kappa shape index (κ1) is 13.2. The van der Waals surface area contributed by atoms with Gasteiger partial charge in [-0.25, -0.2) is 0 Å². The number of hydrogen-bond acceptors (Lipinski definition) is 3. The quantitative estimate of drug-likeness (QED) is 0.841. The highest BCUT2D eigenvalue weighted by molar-refractivity contribution is 5.84. The van der Waals surface area contributed by atoms with Gasteiger partial charge in [0.15, 0.2) is 0 Å². The average Bonchev–Trinajstić information content (AvgIpc) is 2.91. The lowest BCUT2D eigenvalue weighted by atomic mass is 9.89. The highest BCUT2D eigenvalue weighted by Crippen LogP contribution is 2.31. The predicted molar refractivity (Wildman–Crippen MR) is 78.7 cm³/mol. The van der Waals surface area contributed by atoms with Gasteiger partial charge in [-0.2, -0.15) is 0 Å². The topological polar surface area (TPSA) is 54.1 Å². The van der Waals surface area contributed by atoms with E-state index in [1.54, 1.807) is 0 Å². The lowest BCUT2D eigenvalue weighted by molar-refractivity contribution is -0.133. The summed E-state index contributed by atoms with van der Waals surface area (Å²) in [6, 6.07) is 6.59. The summed E-state index contributed by atoms with van der Waals surface area (Å²) in [5.74, 6) is 0.630. The first-order valence-electron chi connectivity index (χ1n) is 7.20. The molecule has 2 heterocycles. The first-order valence-corrected chi connectivity index (χ1v) is 7.20. The molecule has 1 saturated heterocycles. The van der Waals surface area contributed by atoms with Crippen LogP contribution in [0.25, 0.3) is 10.9 Å². The van der Waals surface area contributed by atoms with Crippen molar-refractivity contribution in [2.45, 2.75) is 31.8 Å². The highest BCUT2D eigenvalue weighted by atomic mass is 16.5. The van der Waals surface area contributed by atoms with E-state index >= 15 is 0 Å². The molecule has 0 bridgehead atoms. The van der Waals surface area contributed by atoms with Crippen molar-refractivity contribution in [3.05, 3.63) is 35.5 Å². The third-order valence-electron chi connectivity index (χ3n) is 4.25. The van der Waals surface area contributed by atoms with Gasteiger partial charge < -0.3 is 15.0 Å². The first-order chi connectivity index (χ1) is 9.79. The number of rotatable bonds is 4. The molecule has 1 aromatic carbocycles. The van der Waals surface area contributed by atoms with Crippen LogP contribution in [0.4, 0.5) is 0 Å². The number of aromatic amines is 1. The number of hydrogen-bond donors (Lipinski definition) is 2. The Bertz CT molecular complexity index is 600. The molecule has 2 N–H and O–H groups in total. The summed E-state index contributed by atoms with van der Waals surface area (Å²) >= 11 is 0. The van der Waals surface area contributed by atoms with Crippen LogP contribution < -0.4 is 5.32 Å². The molecule has 2 aromatic rings. The van der Waals surface area contributed by atoms with E-state index in [0.29, 0.717) is 12.4 Å². The van der Waals surface area contributed by atoms with Crippen LogP contribution in [0.5, 0.6) is 0 Å².